The highest BCUT2D eigenvalue weighted by atomic mass is 19.1. The molecule has 8 rings (SSSR count). The van der Waals surface area contributed by atoms with E-state index in [-0.39, 0.29) is 23.8 Å². The van der Waals surface area contributed by atoms with Gasteiger partial charge in [0.15, 0.2) is 0 Å². The Hall–Kier alpha value is -3.58. The molecular formula is C30H28FN5O. The van der Waals surface area contributed by atoms with Crippen molar-refractivity contribution in [1.29, 1.82) is 0 Å². The molecule has 2 fully saturated rings. The molecule has 0 radical (unpaired) electrons. The lowest BCUT2D eigenvalue weighted by molar-refractivity contribution is 0.0734. The molecule has 1 amide bonds. The number of nitrogens with zero attached hydrogens (tertiary/aromatic N) is 4. The number of nitrogens with two attached hydrogens (primary N) is 1. The second-order valence-electron chi connectivity index (χ2n) is 11.4. The Labute approximate surface area is 214 Å². The molecule has 0 saturated heterocycles. The number of carbonyl (C=O) groups excluding carboxylic acids is 1. The summed E-state index contributed by atoms with van der Waals surface area (Å²) in [6, 6.07) is 13.8. The Bertz CT molecular complexity index is 1630. The number of hydrogen-bond acceptors (Lipinski definition) is 4. The van der Waals surface area contributed by atoms with Crippen LogP contribution in [0.25, 0.3) is 22.2 Å². The summed E-state index contributed by atoms with van der Waals surface area (Å²) >= 11 is 0. The van der Waals surface area contributed by atoms with Crippen LogP contribution in [0.3, 0.4) is 0 Å². The third-order valence-electron chi connectivity index (χ3n) is 9.17. The Balaban J connectivity index is 1.29. The number of imidazole rings is 1. The molecule has 2 atom stereocenters. The minimum Gasteiger partial charge on any atom is -0.331 e. The second kappa shape index (κ2) is 7.25. The number of fused-ring (bicyclic) bond motifs is 9. The molecule has 4 aromatic rings. The molecule has 2 aromatic carbocycles. The van der Waals surface area contributed by atoms with Crippen molar-refractivity contribution >= 4 is 16.9 Å². The molecule has 2 unspecified atom stereocenters. The molecule has 2 bridgehead atoms. The summed E-state index contributed by atoms with van der Waals surface area (Å²) in [6.45, 7) is 0. The minimum atomic E-state index is -0.634. The zero-order valence-electron chi connectivity index (χ0n) is 20.7. The molecule has 7 heteroatoms. The number of amides is 1. The fraction of sp³-hybridized carbons (Fsp3) is 0.367. The Kier molecular flexibility index (Phi) is 4.22. The molecule has 2 saturated carbocycles. The summed E-state index contributed by atoms with van der Waals surface area (Å²) in [5, 5.41) is 0. The average molecular weight is 494 g/mol. The van der Waals surface area contributed by atoms with E-state index in [0.29, 0.717) is 11.6 Å². The highest BCUT2D eigenvalue weighted by molar-refractivity contribution is 5.97. The summed E-state index contributed by atoms with van der Waals surface area (Å²) in [5.41, 5.74) is 12.9. The lowest BCUT2D eigenvalue weighted by Crippen LogP contribution is -2.44. The molecule has 0 spiro atoms. The van der Waals surface area contributed by atoms with Crippen LogP contribution >= 0.6 is 0 Å². The van der Waals surface area contributed by atoms with Gasteiger partial charge in [-0.3, -0.25) is 9.78 Å². The number of carbonyl (C=O) groups is 1. The van der Waals surface area contributed by atoms with Gasteiger partial charge < -0.3 is 15.2 Å². The van der Waals surface area contributed by atoms with Gasteiger partial charge in [0.2, 0.25) is 0 Å². The molecule has 4 heterocycles. The van der Waals surface area contributed by atoms with Gasteiger partial charge in [-0.1, -0.05) is 18.2 Å². The van der Waals surface area contributed by atoms with Gasteiger partial charge in [0.05, 0.1) is 34.3 Å². The topological polar surface area (TPSA) is 77.0 Å². The summed E-state index contributed by atoms with van der Waals surface area (Å²) in [6.07, 6.45) is 7.47. The summed E-state index contributed by atoms with van der Waals surface area (Å²) in [5.74, 6) is 1.20. The van der Waals surface area contributed by atoms with Gasteiger partial charge in [-0.2, -0.15) is 0 Å². The number of aromatic nitrogens is 3. The van der Waals surface area contributed by atoms with Gasteiger partial charge in [-0.05, 0) is 79.0 Å². The zero-order chi connectivity index (χ0) is 25.1. The first-order valence-electron chi connectivity index (χ1n) is 13.3. The average Bonchev–Trinajstić information content (AvgIpc) is 3.59. The largest absolute Gasteiger partial charge is 0.331 e. The molecular weight excluding hydrogens is 465 g/mol. The van der Waals surface area contributed by atoms with Crippen LogP contribution < -0.4 is 5.73 Å². The molecule has 6 nitrogen and oxygen atoms in total. The van der Waals surface area contributed by atoms with E-state index in [1.54, 1.807) is 12.3 Å². The molecule has 2 N–H and O–H groups in total. The molecule has 2 aliphatic carbocycles. The van der Waals surface area contributed by atoms with Crippen molar-refractivity contribution in [2.45, 2.75) is 62.1 Å². The fourth-order valence-corrected chi connectivity index (χ4v) is 6.83. The highest BCUT2D eigenvalue weighted by Gasteiger charge is 2.45. The molecule has 2 aromatic heterocycles. The normalized spacial score (nSPS) is 23.5. The number of benzene rings is 2. The van der Waals surface area contributed by atoms with Gasteiger partial charge in [0, 0.05) is 30.8 Å². The maximum Gasteiger partial charge on any atom is 0.254 e. The van der Waals surface area contributed by atoms with Crippen LogP contribution in [0.1, 0.15) is 89.5 Å². The van der Waals surface area contributed by atoms with E-state index in [1.165, 1.54) is 24.0 Å². The van der Waals surface area contributed by atoms with Crippen LogP contribution in [0.2, 0.25) is 0 Å². The van der Waals surface area contributed by atoms with Gasteiger partial charge in [-0.25, -0.2) is 9.37 Å². The summed E-state index contributed by atoms with van der Waals surface area (Å²) < 4.78 is 17.5. The van der Waals surface area contributed by atoms with Crippen molar-refractivity contribution in [2.75, 3.05) is 7.05 Å². The Morgan fingerprint density at radius 2 is 1.92 bits per heavy atom. The molecule has 2 aliphatic heterocycles. The number of hydrogen-bond donors (Lipinski definition) is 1. The number of halogens is 1. The van der Waals surface area contributed by atoms with Crippen molar-refractivity contribution in [3.05, 3.63) is 82.7 Å². The quantitative estimate of drug-likeness (QED) is 0.405. The van der Waals surface area contributed by atoms with Crippen molar-refractivity contribution < 1.29 is 9.18 Å². The lowest BCUT2D eigenvalue weighted by atomic mass is 9.75. The maximum absolute atomic E-state index is 15.1. The van der Waals surface area contributed by atoms with E-state index in [9.17, 15) is 4.79 Å². The van der Waals surface area contributed by atoms with Crippen molar-refractivity contribution in [2.24, 2.45) is 5.73 Å². The van der Waals surface area contributed by atoms with Crippen LogP contribution in [0, 0.1) is 5.82 Å². The third kappa shape index (κ3) is 2.92. The number of rotatable bonds is 3. The van der Waals surface area contributed by atoms with E-state index in [2.05, 4.69) is 21.7 Å². The SMILES string of the molecule is CN1C(=O)c2cccc(C3CC3)c2C2CC1c1nc3ccc(-c4cnc(C5(N)CCC5)c(F)c4)cc3n12. The van der Waals surface area contributed by atoms with E-state index in [1.807, 2.05) is 36.2 Å². The monoisotopic (exact) mass is 493 g/mol. The zero-order valence-corrected chi connectivity index (χ0v) is 20.7. The van der Waals surface area contributed by atoms with Gasteiger partial charge >= 0.3 is 0 Å². The van der Waals surface area contributed by atoms with E-state index in [0.717, 1.165) is 59.2 Å². The van der Waals surface area contributed by atoms with Crippen LogP contribution in [0.5, 0.6) is 0 Å². The summed E-state index contributed by atoms with van der Waals surface area (Å²) in [4.78, 5) is 24.8. The van der Waals surface area contributed by atoms with Gasteiger partial charge in [0.1, 0.15) is 11.6 Å². The Morgan fingerprint density at radius 1 is 1.08 bits per heavy atom. The third-order valence-corrected chi connectivity index (χ3v) is 9.17. The molecule has 4 aliphatic rings. The van der Waals surface area contributed by atoms with Gasteiger partial charge in [-0.15, -0.1) is 0 Å². The fourth-order valence-electron chi connectivity index (χ4n) is 6.83. The Morgan fingerprint density at radius 3 is 2.65 bits per heavy atom. The minimum absolute atomic E-state index is 0.0499. The van der Waals surface area contributed by atoms with Gasteiger partial charge in [0.25, 0.3) is 5.91 Å². The van der Waals surface area contributed by atoms with Crippen molar-refractivity contribution in [3.63, 3.8) is 0 Å². The first-order valence-corrected chi connectivity index (χ1v) is 13.3. The highest BCUT2D eigenvalue weighted by Crippen LogP contribution is 2.52. The number of pyridine rings is 1. The lowest BCUT2D eigenvalue weighted by Gasteiger charge is -2.37. The smallest absolute Gasteiger partial charge is 0.254 e. The predicted octanol–water partition coefficient (Wildman–Crippen LogP) is 5.57. The van der Waals surface area contributed by atoms with Crippen LogP contribution in [-0.4, -0.2) is 32.4 Å². The second-order valence-corrected chi connectivity index (χ2v) is 11.4. The predicted molar refractivity (Wildman–Crippen MR) is 139 cm³/mol. The summed E-state index contributed by atoms with van der Waals surface area (Å²) in [7, 11) is 1.89. The molecule has 186 valence electrons. The molecule has 37 heavy (non-hydrogen) atoms. The van der Waals surface area contributed by atoms with Crippen LogP contribution in [0.4, 0.5) is 4.39 Å². The van der Waals surface area contributed by atoms with E-state index in [4.69, 9.17) is 10.7 Å². The first kappa shape index (κ1) is 21.5. The van der Waals surface area contributed by atoms with Crippen molar-refractivity contribution in [3.8, 4) is 11.1 Å². The first-order chi connectivity index (χ1) is 17.9. The maximum atomic E-state index is 15.1. The van der Waals surface area contributed by atoms with Crippen molar-refractivity contribution in [1.82, 2.24) is 19.4 Å². The standard InChI is InChI=1S/C30H28FN5O/c1-35-25-14-24(26-19(16-6-7-16)4-2-5-20(26)29(35)37)36-23-13-17(8-9-22(23)34-28(25)36)18-12-21(31)27(33-15-18)30(32)10-3-11-30/h2,4-5,8-9,12-13,15-16,24-25H,3,6-7,10-11,14,32H2,1H3. The van der Waals surface area contributed by atoms with E-state index >= 15 is 4.39 Å². The van der Waals surface area contributed by atoms with E-state index < -0.39 is 5.54 Å². The van der Waals surface area contributed by atoms with Crippen LogP contribution in [-0.2, 0) is 5.54 Å². The van der Waals surface area contributed by atoms with Crippen LogP contribution in [0.15, 0.2) is 48.7 Å².